The van der Waals surface area contributed by atoms with Crippen LogP contribution in [0.1, 0.15) is 104 Å². The van der Waals surface area contributed by atoms with E-state index in [2.05, 4.69) is 31.0 Å². The van der Waals surface area contributed by atoms with Gasteiger partial charge in [0.25, 0.3) is 0 Å². The second kappa shape index (κ2) is 18.3. The molecule has 0 radical (unpaired) electrons. The van der Waals surface area contributed by atoms with Crippen molar-refractivity contribution in [2.24, 2.45) is 0 Å². The molecule has 2 heteroatoms. The van der Waals surface area contributed by atoms with Crippen molar-refractivity contribution in [2.75, 3.05) is 6.54 Å². The van der Waals surface area contributed by atoms with Crippen LogP contribution >= 0.6 is 0 Å². The Morgan fingerprint density at radius 3 is 1.75 bits per heavy atom. The summed E-state index contributed by atoms with van der Waals surface area (Å²) in [5.74, 6) is -0.0113. The van der Waals surface area contributed by atoms with Gasteiger partial charge >= 0.3 is 0 Å². The Bertz CT molecular complexity index is 333. The van der Waals surface area contributed by atoms with Crippen molar-refractivity contribution >= 4 is 5.91 Å². The molecule has 0 atom stereocenters. The lowest BCUT2D eigenvalue weighted by molar-refractivity contribution is -0.117. The van der Waals surface area contributed by atoms with Crippen LogP contribution in [0.5, 0.6) is 0 Å². The zero-order chi connectivity index (χ0) is 17.9. The van der Waals surface area contributed by atoms with Crippen molar-refractivity contribution in [1.29, 1.82) is 0 Å². The van der Waals surface area contributed by atoms with E-state index in [4.69, 9.17) is 0 Å². The molecule has 0 rings (SSSR count). The fraction of sp³-hybridized carbons (Fsp3) is 0.773. The predicted octanol–water partition coefficient (Wildman–Crippen LogP) is 6.72. The number of carbonyl (C=O) groups is 1. The van der Waals surface area contributed by atoms with E-state index in [9.17, 15) is 4.79 Å². The Kier molecular flexibility index (Phi) is 17.5. The van der Waals surface area contributed by atoms with Crippen LogP contribution in [0.15, 0.2) is 24.3 Å². The van der Waals surface area contributed by atoms with Gasteiger partial charge in [-0.3, -0.25) is 4.79 Å². The zero-order valence-electron chi connectivity index (χ0n) is 16.4. The standard InChI is InChI=1S/C22H41NO/c1-4-5-6-7-8-9-10-11-12-13-14-15-16-17-18-19-20-23-22(24)21(2)3/h11-12H,2,4-10,13-20H2,1,3H3,(H,23,24)/b12-11-. The van der Waals surface area contributed by atoms with Gasteiger partial charge in [0.1, 0.15) is 0 Å². The number of hydrogen-bond acceptors (Lipinski definition) is 1. The Balaban J connectivity index is 3.15. The Morgan fingerprint density at radius 2 is 1.25 bits per heavy atom. The van der Waals surface area contributed by atoms with E-state index in [1.54, 1.807) is 6.92 Å². The molecule has 2 nitrogen and oxygen atoms in total. The van der Waals surface area contributed by atoms with Crippen LogP contribution in [0.25, 0.3) is 0 Å². The van der Waals surface area contributed by atoms with Crippen LogP contribution in [0.4, 0.5) is 0 Å². The second-order valence-electron chi connectivity index (χ2n) is 6.97. The fourth-order valence-electron chi connectivity index (χ4n) is 2.73. The number of amides is 1. The van der Waals surface area contributed by atoms with Gasteiger partial charge < -0.3 is 5.32 Å². The molecule has 0 aliphatic heterocycles. The normalized spacial score (nSPS) is 11.1. The molecule has 0 fully saturated rings. The molecule has 0 unspecified atom stereocenters. The van der Waals surface area contributed by atoms with E-state index in [1.165, 1.54) is 83.5 Å². The van der Waals surface area contributed by atoms with E-state index in [0.717, 1.165) is 13.0 Å². The predicted molar refractivity (Wildman–Crippen MR) is 107 cm³/mol. The topological polar surface area (TPSA) is 29.1 Å². The lowest BCUT2D eigenvalue weighted by atomic mass is 10.1. The largest absolute Gasteiger partial charge is 0.352 e. The molecule has 0 bridgehead atoms. The highest BCUT2D eigenvalue weighted by molar-refractivity contribution is 5.91. The Morgan fingerprint density at radius 1 is 0.792 bits per heavy atom. The fourth-order valence-corrected chi connectivity index (χ4v) is 2.73. The van der Waals surface area contributed by atoms with Crippen molar-refractivity contribution < 1.29 is 4.79 Å². The smallest absolute Gasteiger partial charge is 0.246 e. The second-order valence-corrected chi connectivity index (χ2v) is 6.97. The van der Waals surface area contributed by atoms with Crippen LogP contribution in [-0.2, 0) is 4.79 Å². The monoisotopic (exact) mass is 335 g/mol. The maximum atomic E-state index is 11.3. The number of carbonyl (C=O) groups excluding carboxylic acids is 1. The lowest BCUT2D eigenvalue weighted by Gasteiger charge is -2.04. The summed E-state index contributed by atoms with van der Waals surface area (Å²) in [4.78, 5) is 11.3. The van der Waals surface area contributed by atoms with Crippen molar-refractivity contribution in [3.05, 3.63) is 24.3 Å². The average molecular weight is 336 g/mol. The molecule has 140 valence electrons. The van der Waals surface area contributed by atoms with Crippen LogP contribution in [-0.4, -0.2) is 12.5 Å². The molecule has 24 heavy (non-hydrogen) atoms. The molecule has 0 saturated carbocycles. The molecule has 1 N–H and O–H groups in total. The van der Waals surface area contributed by atoms with Gasteiger partial charge in [0.15, 0.2) is 0 Å². The lowest BCUT2D eigenvalue weighted by Crippen LogP contribution is -2.24. The van der Waals surface area contributed by atoms with E-state index < -0.39 is 0 Å². The van der Waals surface area contributed by atoms with Gasteiger partial charge in [-0.15, -0.1) is 0 Å². The van der Waals surface area contributed by atoms with Crippen LogP contribution in [0, 0.1) is 0 Å². The molecule has 0 aliphatic carbocycles. The first-order valence-electron chi connectivity index (χ1n) is 10.3. The molecule has 0 heterocycles. The molecule has 0 aliphatic rings. The van der Waals surface area contributed by atoms with Gasteiger partial charge in [-0.1, -0.05) is 83.4 Å². The number of hydrogen-bond donors (Lipinski definition) is 1. The van der Waals surface area contributed by atoms with Crippen molar-refractivity contribution in [1.82, 2.24) is 5.32 Å². The summed E-state index contributed by atoms with van der Waals surface area (Å²) in [5, 5.41) is 2.88. The zero-order valence-corrected chi connectivity index (χ0v) is 16.4. The third-order valence-electron chi connectivity index (χ3n) is 4.36. The molecule has 0 aromatic carbocycles. The summed E-state index contributed by atoms with van der Waals surface area (Å²) in [6, 6.07) is 0. The minimum absolute atomic E-state index is 0.0113. The average Bonchev–Trinajstić information content (AvgIpc) is 2.57. The summed E-state index contributed by atoms with van der Waals surface area (Å²) in [5.41, 5.74) is 0.597. The van der Waals surface area contributed by atoms with Gasteiger partial charge in [-0.05, 0) is 39.0 Å². The van der Waals surface area contributed by atoms with E-state index >= 15 is 0 Å². The van der Waals surface area contributed by atoms with Gasteiger partial charge in [-0.2, -0.15) is 0 Å². The van der Waals surface area contributed by atoms with Gasteiger partial charge in [0.2, 0.25) is 5.91 Å². The minimum Gasteiger partial charge on any atom is -0.352 e. The third-order valence-corrected chi connectivity index (χ3v) is 4.36. The summed E-state index contributed by atoms with van der Waals surface area (Å²) < 4.78 is 0. The molecule has 0 saturated heterocycles. The highest BCUT2D eigenvalue weighted by atomic mass is 16.1. The maximum Gasteiger partial charge on any atom is 0.246 e. The third kappa shape index (κ3) is 17.3. The highest BCUT2D eigenvalue weighted by Crippen LogP contribution is 2.09. The van der Waals surface area contributed by atoms with Gasteiger partial charge in [-0.25, -0.2) is 0 Å². The number of unbranched alkanes of at least 4 members (excludes halogenated alkanes) is 12. The van der Waals surface area contributed by atoms with Crippen molar-refractivity contribution in [2.45, 2.75) is 104 Å². The summed E-state index contributed by atoms with van der Waals surface area (Å²) in [6.45, 7) is 8.44. The van der Waals surface area contributed by atoms with E-state index in [0.29, 0.717) is 5.57 Å². The maximum absolute atomic E-state index is 11.3. The van der Waals surface area contributed by atoms with Gasteiger partial charge in [0, 0.05) is 12.1 Å². The van der Waals surface area contributed by atoms with Crippen molar-refractivity contribution in [3.8, 4) is 0 Å². The summed E-state index contributed by atoms with van der Waals surface area (Å²) in [7, 11) is 0. The number of allylic oxidation sites excluding steroid dienone is 2. The van der Waals surface area contributed by atoms with Crippen molar-refractivity contribution in [3.63, 3.8) is 0 Å². The van der Waals surface area contributed by atoms with Crippen LogP contribution in [0.2, 0.25) is 0 Å². The molecule has 0 aromatic rings. The molecule has 1 amide bonds. The van der Waals surface area contributed by atoms with Crippen LogP contribution in [0.3, 0.4) is 0 Å². The minimum atomic E-state index is -0.0113. The SMILES string of the molecule is C=C(C)C(=O)NCCCCCCCC/C=C\CCCCCCCC. The summed E-state index contributed by atoms with van der Waals surface area (Å²) in [6.07, 6.45) is 23.1. The Hall–Kier alpha value is -1.05. The first-order valence-corrected chi connectivity index (χ1v) is 10.3. The molecular formula is C22H41NO. The first-order chi connectivity index (χ1) is 11.7. The Labute approximate surface area is 151 Å². The number of nitrogens with one attached hydrogen (secondary N) is 1. The summed E-state index contributed by atoms with van der Waals surface area (Å²) >= 11 is 0. The van der Waals surface area contributed by atoms with Crippen LogP contribution < -0.4 is 5.32 Å². The quantitative estimate of drug-likeness (QED) is 0.178. The molecule has 0 spiro atoms. The van der Waals surface area contributed by atoms with E-state index in [-0.39, 0.29) is 5.91 Å². The first kappa shape index (κ1) is 22.9. The van der Waals surface area contributed by atoms with E-state index in [1.807, 2.05) is 0 Å². The molecular weight excluding hydrogens is 294 g/mol. The highest BCUT2D eigenvalue weighted by Gasteiger charge is 1.99. The molecule has 0 aromatic heterocycles. The van der Waals surface area contributed by atoms with Gasteiger partial charge in [0.05, 0.1) is 0 Å². The number of rotatable bonds is 17.